The SMILES string of the molecule is COc1ccc(-n2c(SCC(=O)N(C)Cc3ccsc3)nc3ccccc3c2=O)cc1. The molecule has 0 fully saturated rings. The molecule has 0 saturated heterocycles. The molecule has 0 bridgehead atoms. The Kier molecular flexibility index (Phi) is 6.39. The summed E-state index contributed by atoms with van der Waals surface area (Å²) in [5.41, 5.74) is 2.21. The minimum atomic E-state index is -0.169. The van der Waals surface area contributed by atoms with E-state index >= 15 is 0 Å². The normalized spacial score (nSPS) is 10.9. The highest BCUT2D eigenvalue weighted by atomic mass is 32.2. The smallest absolute Gasteiger partial charge is 0.266 e. The number of thiophene rings is 1. The Morgan fingerprint density at radius 1 is 1.16 bits per heavy atom. The first-order chi connectivity index (χ1) is 15.1. The Hall–Kier alpha value is -3.10. The van der Waals surface area contributed by atoms with Gasteiger partial charge in [-0.2, -0.15) is 11.3 Å². The van der Waals surface area contributed by atoms with Crippen molar-refractivity contribution in [2.75, 3.05) is 19.9 Å². The lowest BCUT2D eigenvalue weighted by atomic mass is 10.2. The molecule has 8 heteroatoms. The number of methoxy groups -OCH3 is 1. The van der Waals surface area contributed by atoms with Crippen LogP contribution in [0.4, 0.5) is 0 Å². The first-order valence-corrected chi connectivity index (χ1v) is 11.5. The van der Waals surface area contributed by atoms with Gasteiger partial charge in [0.2, 0.25) is 5.91 Å². The Bertz CT molecular complexity index is 1250. The molecule has 4 aromatic rings. The molecule has 2 heterocycles. The molecule has 2 aromatic heterocycles. The van der Waals surface area contributed by atoms with Crippen molar-refractivity contribution in [3.05, 3.63) is 81.3 Å². The third-order valence-corrected chi connectivity index (χ3v) is 6.48. The molecule has 0 N–H and O–H groups in total. The maximum atomic E-state index is 13.3. The molecule has 0 aliphatic carbocycles. The number of thioether (sulfide) groups is 1. The van der Waals surface area contributed by atoms with Crippen molar-refractivity contribution in [2.45, 2.75) is 11.7 Å². The van der Waals surface area contributed by atoms with Gasteiger partial charge in [-0.3, -0.25) is 14.2 Å². The number of para-hydroxylation sites is 1. The van der Waals surface area contributed by atoms with E-state index in [1.165, 1.54) is 11.8 Å². The molecule has 0 radical (unpaired) electrons. The van der Waals surface area contributed by atoms with Gasteiger partial charge in [0.1, 0.15) is 5.75 Å². The fourth-order valence-corrected chi connectivity index (χ4v) is 4.76. The lowest BCUT2D eigenvalue weighted by Crippen LogP contribution is -2.28. The number of rotatable bonds is 7. The fraction of sp³-hybridized carbons (Fsp3) is 0.174. The lowest BCUT2D eigenvalue weighted by Gasteiger charge is -2.17. The molecule has 158 valence electrons. The van der Waals surface area contributed by atoms with Crippen LogP contribution in [0.25, 0.3) is 16.6 Å². The van der Waals surface area contributed by atoms with Gasteiger partial charge in [-0.25, -0.2) is 4.98 Å². The van der Waals surface area contributed by atoms with E-state index in [1.807, 2.05) is 47.2 Å². The van der Waals surface area contributed by atoms with E-state index in [1.54, 1.807) is 53.2 Å². The summed E-state index contributed by atoms with van der Waals surface area (Å²) in [6.07, 6.45) is 0. The quantitative estimate of drug-likeness (QED) is 0.311. The second kappa shape index (κ2) is 9.36. The van der Waals surface area contributed by atoms with Crippen LogP contribution in [0, 0.1) is 0 Å². The summed E-state index contributed by atoms with van der Waals surface area (Å²) in [5.74, 6) is 0.853. The third kappa shape index (κ3) is 4.65. The summed E-state index contributed by atoms with van der Waals surface area (Å²) in [4.78, 5) is 32.4. The van der Waals surface area contributed by atoms with E-state index in [-0.39, 0.29) is 17.2 Å². The number of hydrogen-bond acceptors (Lipinski definition) is 6. The van der Waals surface area contributed by atoms with Crippen molar-refractivity contribution in [1.82, 2.24) is 14.5 Å². The highest BCUT2D eigenvalue weighted by molar-refractivity contribution is 7.99. The van der Waals surface area contributed by atoms with E-state index in [0.717, 1.165) is 5.56 Å². The van der Waals surface area contributed by atoms with Crippen LogP contribution >= 0.6 is 23.1 Å². The maximum Gasteiger partial charge on any atom is 0.266 e. The zero-order chi connectivity index (χ0) is 21.8. The van der Waals surface area contributed by atoms with E-state index in [4.69, 9.17) is 4.74 Å². The predicted molar refractivity (Wildman–Crippen MR) is 125 cm³/mol. The second-order valence-corrected chi connectivity index (χ2v) is 8.64. The van der Waals surface area contributed by atoms with Crippen LogP contribution in [-0.4, -0.2) is 40.3 Å². The van der Waals surface area contributed by atoms with Gasteiger partial charge in [0.15, 0.2) is 5.16 Å². The van der Waals surface area contributed by atoms with Crippen molar-refractivity contribution in [2.24, 2.45) is 0 Å². The summed E-state index contributed by atoms with van der Waals surface area (Å²) in [6, 6.07) is 16.5. The Morgan fingerprint density at radius 2 is 1.94 bits per heavy atom. The third-order valence-electron chi connectivity index (χ3n) is 4.83. The molecule has 6 nitrogen and oxygen atoms in total. The van der Waals surface area contributed by atoms with Gasteiger partial charge in [-0.1, -0.05) is 23.9 Å². The van der Waals surface area contributed by atoms with Crippen molar-refractivity contribution < 1.29 is 9.53 Å². The van der Waals surface area contributed by atoms with Crippen molar-refractivity contribution >= 4 is 39.9 Å². The Balaban J connectivity index is 1.65. The fourth-order valence-electron chi connectivity index (χ4n) is 3.15. The van der Waals surface area contributed by atoms with Crippen LogP contribution in [0.15, 0.2) is 75.3 Å². The highest BCUT2D eigenvalue weighted by Crippen LogP contribution is 2.23. The van der Waals surface area contributed by atoms with Crippen molar-refractivity contribution in [3.8, 4) is 11.4 Å². The lowest BCUT2D eigenvalue weighted by molar-refractivity contribution is -0.127. The van der Waals surface area contributed by atoms with E-state index < -0.39 is 0 Å². The zero-order valence-corrected chi connectivity index (χ0v) is 18.8. The average molecular weight is 452 g/mol. The number of benzene rings is 2. The van der Waals surface area contributed by atoms with Gasteiger partial charge in [0, 0.05) is 13.6 Å². The number of carbonyl (C=O) groups is 1. The number of carbonyl (C=O) groups excluding carboxylic acids is 1. The molecule has 0 spiro atoms. The molecule has 1 amide bonds. The van der Waals surface area contributed by atoms with Gasteiger partial charge in [-0.15, -0.1) is 0 Å². The maximum absolute atomic E-state index is 13.3. The largest absolute Gasteiger partial charge is 0.497 e. The summed E-state index contributed by atoms with van der Waals surface area (Å²) in [5, 5.41) is 5.03. The monoisotopic (exact) mass is 451 g/mol. The number of aromatic nitrogens is 2. The van der Waals surface area contributed by atoms with Crippen LogP contribution in [0.2, 0.25) is 0 Å². The van der Waals surface area contributed by atoms with Gasteiger partial charge in [0.25, 0.3) is 5.56 Å². The average Bonchev–Trinajstić information content (AvgIpc) is 3.31. The molecule has 0 saturated carbocycles. The molecule has 2 aromatic carbocycles. The highest BCUT2D eigenvalue weighted by Gasteiger charge is 2.16. The van der Waals surface area contributed by atoms with Crippen LogP contribution in [0.5, 0.6) is 5.75 Å². The molecular formula is C23H21N3O3S2. The van der Waals surface area contributed by atoms with Crippen LogP contribution in [-0.2, 0) is 11.3 Å². The minimum absolute atomic E-state index is 0.0279. The standard InChI is InChI=1S/C23H21N3O3S2/c1-25(13-16-11-12-30-14-16)21(27)15-31-23-24-20-6-4-3-5-19(20)22(28)26(23)17-7-9-18(29-2)10-8-17/h3-12,14H,13,15H2,1-2H3. The number of ether oxygens (including phenoxy) is 1. The predicted octanol–water partition coefficient (Wildman–Crippen LogP) is 4.21. The van der Waals surface area contributed by atoms with Gasteiger partial charge < -0.3 is 9.64 Å². The van der Waals surface area contributed by atoms with Crippen molar-refractivity contribution in [3.63, 3.8) is 0 Å². The number of hydrogen-bond donors (Lipinski definition) is 0. The molecular weight excluding hydrogens is 430 g/mol. The summed E-state index contributed by atoms with van der Waals surface area (Å²) in [6.45, 7) is 0.555. The number of nitrogens with zero attached hydrogens (tertiary/aromatic N) is 3. The molecule has 0 aliphatic heterocycles. The summed E-state index contributed by atoms with van der Waals surface area (Å²) >= 11 is 2.87. The van der Waals surface area contributed by atoms with E-state index in [2.05, 4.69) is 4.98 Å². The zero-order valence-electron chi connectivity index (χ0n) is 17.1. The Morgan fingerprint density at radius 3 is 2.65 bits per heavy atom. The molecule has 31 heavy (non-hydrogen) atoms. The van der Waals surface area contributed by atoms with Gasteiger partial charge in [-0.05, 0) is 58.8 Å². The second-order valence-electron chi connectivity index (χ2n) is 6.92. The molecule has 4 rings (SSSR count). The van der Waals surface area contributed by atoms with Gasteiger partial charge in [0.05, 0.1) is 29.5 Å². The van der Waals surface area contributed by atoms with Crippen LogP contribution < -0.4 is 10.3 Å². The topological polar surface area (TPSA) is 64.4 Å². The summed E-state index contributed by atoms with van der Waals surface area (Å²) < 4.78 is 6.78. The minimum Gasteiger partial charge on any atom is -0.497 e. The first kappa shape index (κ1) is 21.1. The van der Waals surface area contributed by atoms with Crippen LogP contribution in [0.3, 0.4) is 0 Å². The van der Waals surface area contributed by atoms with E-state index in [0.29, 0.717) is 34.0 Å². The van der Waals surface area contributed by atoms with Crippen LogP contribution in [0.1, 0.15) is 5.56 Å². The molecule has 0 aliphatic rings. The first-order valence-electron chi connectivity index (χ1n) is 9.61. The number of amides is 1. The summed E-state index contributed by atoms with van der Waals surface area (Å²) in [7, 11) is 3.38. The van der Waals surface area contributed by atoms with Crippen molar-refractivity contribution in [1.29, 1.82) is 0 Å². The molecule has 0 atom stereocenters. The van der Waals surface area contributed by atoms with Gasteiger partial charge >= 0.3 is 0 Å². The van der Waals surface area contributed by atoms with E-state index in [9.17, 15) is 9.59 Å². The Labute approximate surface area is 188 Å². The number of fused-ring (bicyclic) bond motifs is 1. The molecule has 0 unspecified atom stereocenters.